The lowest BCUT2D eigenvalue weighted by Crippen LogP contribution is -2.34. The number of nitrogen functional groups attached to an aromatic ring is 1. The fraction of sp³-hybridized carbons (Fsp3) is 0.429. The van der Waals surface area contributed by atoms with Crippen molar-refractivity contribution in [2.45, 2.75) is 64.0 Å². The maximum Gasteiger partial charge on any atom is 0.298 e. The zero-order chi connectivity index (χ0) is 25.9. The third kappa shape index (κ3) is 5.38. The summed E-state index contributed by atoms with van der Waals surface area (Å²) < 4.78 is 3.59. The molecule has 192 valence electrons. The molecule has 9 heteroatoms. The number of likely N-dealkylation sites (tertiary alicyclic amines) is 1. The van der Waals surface area contributed by atoms with Crippen LogP contribution in [-0.4, -0.2) is 49.4 Å². The van der Waals surface area contributed by atoms with E-state index in [-0.39, 0.29) is 23.3 Å². The van der Waals surface area contributed by atoms with Gasteiger partial charge in [0.25, 0.3) is 11.8 Å². The molecule has 1 aliphatic carbocycles. The van der Waals surface area contributed by atoms with E-state index in [9.17, 15) is 9.59 Å². The number of rotatable bonds is 6. The van der Waals surface area contributed by atoms with Crippen molar-refractivity contribution in [1.82, 2.24) is 24.5 Å². The van der Waals surface area contributed by atoms with Crippen molar-refractivity contribution in [3.8, 4) is 23.1 Å². The average molecular weight is 500 g/mol. The first-order chi connectivity index (χ1) is 17.9. The summed E-state index contributed by atoms with van der Waals surface area (Å²) in [5, 5.41) is 9.30. The summed E-state index contributed by atoms with van der Waals surface area (Å²) in [5.41, 5.74) is 16.2. The molecule has 1 saturated heterocycles. The Morgan fingerprint density at radius 1 is 1.14 bits per heavy atom. The third-order valence-electron chi connectivity index (χ3n) is 7.24. The molecule has 2 aliphatic rings. The number of carbonyl (C=O) groups excluding carboxylic acids is 2. The molecular weight excluding hydrogens is 466 g/mol. The summed E-state index contributed by atoms with van der Waals surface area (Å²) in [6, 6.07) is 8.66. The Morgan fingerprint density at radius 2 is 1.89 bits per heavy atom. The van der Waals surface area contributed by atoms with Gasteiger partial charge in [0.1, 0.15) is 17.1 Å². The van der Waals surface area contributed by atoms with Crippen molar-refractivity contribution in [3.05, 3.63) is 53.3 Å². The van der Waals surface area contributed by atoms with Gasteiger partial charge in [0.05, 0.1) is 18.8 Å². The molecule has 4 N–H and O–H groups in total. The summed E-state index contributed by atoms with van der Waals surface area (Å²) >= 11 is 0. The predicted molar refractivity (Wildman–Crippen MR) is 141 cm³/mol. The van der Waals surface area contributed by atoms with Gasteiger partial charge in [0, 0.05) is 24.8 Å². The van der Waals surface area contributed by atoms with Gasteiger partial charge in [-0.2, -0.15) is 10.2 Å². The molecule has 0 spiro atoms. The Labute approximate surface area is 216 Å². The normalized spacial score (nSPS) is 16.5. The molecule has 1 aliphatic heterocycles. The number of hydrogen-bond acceptors (Lipinski definition) is 5. The molecule has 1 saturated carbocycles. The summed E-state index contributed by atoms with van der Waals surface area (Å²) in [4.78, 5) is 26.4. The van der Waals surface area contributed by atoms with Crippen LogP contribution >= 0.6 is 0 Å². The molecule has 37 heavy (non-hydrogen) atoms. The second kappa shape index (κ2) is 10.5. The number of benzene rings is 1. The number of nitrogens with zero attached hydrogens (tertiary/aromatic N) is 5. The number of hydrogen-bond donors (Lipinski definition) is 2. The minimum absolute atomic E-state index is 0.0153. The second-order valence-electron chi connectivity index (χ2n) is 9.97. The highest BCUT2D eigenvalue weighted by Gasteiger charge is 2.27. The molecule has 0 atom stereocenters. The third-order valence-corrected chi connectivity index (χ3v) is 7.24. The minimum atomic E-state index is -0.607. The first-order valence-electron chi connectivity index (χ1n) is 13.0. The molecule has 3 heterocycles. The van der Waals surface area contributed by atoms with Crippen LogP contribution < -0.4 is 11.5 Å². The molecule has 5 rings (SSSR count). The minimum Gasteiger partial charge on any atom is -0.383 e. The molecule has 2 aromatic heterocycles. The fourth-order valence-corrected chi connectivity index (χ4v) is 5.22. The second-order valence-corrected chi connectivity index (χ2v) is 9.97. The molecule has 0 unspecified atom stereocenters. The van der Waals surface area contributed by atoms with E-state index >= 15 is 0 Å². The zero-order valence-electron chi connectivity index (χ0n) is 21.2. The summed E-state index contributed by atoms with van der Waals surface area (Å²) in [5.74, 6) is 5.54. The lowest BCUT2D eigenvalue weighted by Gasteiger charge is -2.27. The van der Waals surface area contributed by atoms with Crippen molar-refractivity contribution in [2.24, 2.45) is 5.73 Å². The van der Waals surface area contributed by atoms with Crippen molar-refractivity contribution >= 4 is 17.6 Å². The van der Waals surface area contributed by atoms with E-state index in [1.165, 1.54) is 24.0 Å². The highest BCUT2D eigenvalue weighted by molar-refractivity contribution is 6.03. The van der Waals surface area contributed by atoms with Crippen LogP contribution in [0.5, 0.6) is 0 Å². The molecule has 3 aromatic rings. The van der Waals surface area contributed by atoms with E-state index in [4.69, 9.17) is 16.6 Å². The zero-order valence-corrected chi connectivity index (χ0v) is 21.2. The van der Waals surface area contributed by atoms with Crippen molar-refractivity contribution in [2.75, 3.05) is 18.8 Å². The first kappa shape index (κ1) is 24.6. The van der Waals surface area contributed by atoms with Gasteiger partial charge in [-0.15, -0.1) is 0 Å². The van der Waals surface area contributed by atoms with E-state index in [1.54, 1.807) is 22.7 Å². The number of nitrogens with two attached hydrogens (primary N) is 2. The summed E-state index contributed by atoms with van der Waals surface area (Å²) in [6.07, 6.45) is 9.27. The molecule has 9 nitrogen and oxygen atoms in total. The number of primary amides is 1. The Kier molecular flexibility index (Phi) is 6.99. The van der Waals surface area contributed by atoms with Crippen LogP contribution in [-0.2, 0) is 11.3 Å². The largest absolute Gasteiger partial charge is 0.383 e. The number of aromatic nitrogens is 4. The maximum atomic E-state index is 12.4. The van der Waals surface area contributed by atoms with Crippen LogP contribution in [0.1, 0.15) is 78.9 Å². The standard InChI is InChI=1S/C28H33N7O2/c1-2-6-24(36)33-13-4-9-23(10-5-14-33)35-27(29)25(28(30)37)26(32-35)22-16-31-34(18-22)17-19-7-3-8-21(15-19)20-11-12-20/h3,7-8,15-16,18,20,23H,4-5,9-14,17,29H2,1H3,(H2,30,37). The quantitative estimate of drug-likeness (QED) is 0.504. The molecular formula is C28H33N7O2. The Bertz CT molecular complexity index is 1360. The topological polar surface area (TPSA) is 125 Å². The highest BCUT2D eigenvalue weighted by atomic mass is 16.2. The van der Waals surface area contributed by atoms with Crippen molar-refractivity contribution in [1.29, 1.82) is 0 Å². The molecule has 1 aromatic carbocycles. The fourth-order valence-electron chi connectivity index (χ4n) is 5.22. The van der Waals surface area contributed by atoms with E-state index in [0.717, 1.165) is 25.7 Å². The Hall–Kier alpha value is -4.06. The highest BCUT2D eigenvalue weighted by Crippen LogP contribution is 2.40. The van der Waals surface area contributed by atoms with Crippen LogP contribution in [0.3, 0.4) is 0 Å². The summed E-state index contributed by atoms with van der Waals surface area (Å²) in [6.45, 7) is 3.57. The van der Waals surface area contributed by atoms with Gasteiger partial charge in [-0.1, -0.05) is 30.2 Å². The molecule has 2 fully saturated rings. The first-order valence-corrected chi connectivity index (χ1v) is 13.0. The van der Waals surface area contributed by atoms with Gasteiger partial charge in [0.2, 0.25) is 0 Å². The van der Waals surface area contributed by atoms with Gasteiger partial charge in [0.15, 0.2) is 0 Å². The number of anilines is 1. The van der Waals surface area contributed by atoms with E-state index < -0.39 is 5.91 Å². The number of carbonyl (C=O) groups is 2. The lowest BCUT2D eigenvalue weighted by molar-refractivity contribution is -0.125. The molecule has 2 amide bonds. The lowest BCUT2D eigenvalue weighted by atomic mass is 10.0. The smallest absolute Gasteiger partial charge is 0.298 e. The maximum absolute atomic E-state index is 12.4. The van der Waals surface area contributed by atoms with Gasteiger partial charge in [-0.3, -0.25) is 14.3 Å². The monoisotopic (exact) mass is 499 g/mol. The molecule has 0 radical (unpaired) electrons. The van der Waals surface area contributed by atoms with Gasteiger partial charge in [-0.25, -0.2) is 4.68 Å². The Balaban J connectivity index is 1.35. The predicted octanol–water partition coefficient (Wildman–Crippen LogP) is 3.32. The molecule has 0 bridgehead atoms. The Morgan fingerprint density at radius 3 is 2.57 bits per heavy atom. The van der Waals surface area contributed by atoms with Crippen LogP contribution in [0, 0.1) is 11.8 Å². The van der Waals surface area contributed by atoms with Crippen LogP contribution in [0.4, 0.5) is 5.82 Å². The van der Waals surface area contributed by atoms with Crippen LogP contribution in [0.25, 0.3) is 11.3 Å². The SMILES string of the molecule is CC#CC(=O)N1CCCC(n2nc(-c3cnn(Cc4cccc(C5CC5)c4)c3)c(C(N)=O)c2N)CCC1. The van der Waals surface area contributed by atoms with Gasteiger partial charge < -0.3 is 16.4 Å². The van der Waals surface area contributed by atoms with Gasteiger partial charge in [-0.05, 0) is 68.4 Å². The van der Waals surface area contributed by atoms with Crippen molar-refractivity contribution < 1.29 is 9.59 Å². The van der Waals surface area contributed by atoms with Crippen molar-refractivity contribution in [3.63, 3.8) is 0 Å². The number of amides is 2. The van der Waals surface area contributed by atoms with Crippen LogP contribution in [0.15, 0.2) is 36.7 Å². The average Bonchev–Trinajstić information content (AvgIpc) is 3.51. The van der Waals surface area contributed by atoms with E-state index in [1.807, 2.05) is 10.9 Å². The van der Waals surface area contributed by atoms with Gasteiger partial charge >= 0.3 is 0 Å². The summed E-state index contributed by atoms with van der Waals surface area (Å²) in [7, 11) is 0. The van der Waals surface area contributed by atoms with Crippen LogP contribution in [0.2, 0.25) is 0 Å². The van der Waals surface area contributed by atoms with E-state index in [2.05, 4.69) is 41.2 Å². The van der Waals surface area contributed by atoms with E-state index in [0.29, 0.717) is 36.8 Å².